The molecule has 0 aliphatic rings. The number of thiazole rings is 1. The Morgan fingerprint density at radius 1 is 1.33 bits per heavy atom. The molecule has 1 N–H and O–H groups in total. The van der Waals surface area contributed by atoms with Crippen LogP contribution in [0.4, 0.5) is 0 Å². The minimum absolute atomic E-state index is 0.810. The van der Waals surface area contributed by atoms with Crippen LogP contribution < -0.4 is 5.32 Å². The SMILES string of the molecule is CCOCCCCNCc1csc(-c2cccc(Br)c2)n1. The number of nitrogens with one attached hydrogen (secondary N) is 1. The lowest BCUT2D eigenvalue weighted by Gasteiger charge is -2.03. The molecule has 0 bridgehead atoms. The van der Waals surface area contributed by atoms with E-state index < -0.39 is 0 Å². The maximum absolute atomic E-state index is 5.32. The highest BCUT2D eigenvalue weighted by Gasteiger charge is 2.04. The van der Waals surface area contributed by atoms with Gasteiger partial charge >= 0.3 is 0 Å². The van der Waals surface area contributed by atoms with E-state index >= 15 is 0 Å². The minimum Gasteiger partial charge on any atom is -0.382 e. The van der Waals surface area contributed by atoms with Crippen molar-refractivity contribution in [1.82, 2.24) is 10.3 Å². The van der Waals surface area contributed by atoms with Gasteiger partial charge in [0.1, 0.15) is 5.01 Å². The number of aromatic nitrogens is 1. The van der Waals surface area contributed by atoms with Crippen LogP contribution >= 0.6 is 27.3 Å². The summed E-state index contributed by atoms with van der Waals surface area (Å²) < 4.78 is 6.41. The largest absolute Gasteiger partial charge is 0.382 e. The van der Waals surface area contributed by atoms with E-state index in [9.17, 15) is 0 Å². The number of rotatable bonds is 9. The van der Waals surface area contributed by atoms with Gasteiger partial charge in [-0.1, -0.05) is 28.1 Å². The Labute approximate surface area is 138 Å². The van der Waals surface area contributed by atoms with Crippen molar-refractivity contribution in [3.8, 4) is 10.6 Å². The summed E-state index contributed by atoms with van der Waals surface area (Å²) in [6, 6.07) is 8.26. The molecular weight excluding hydrogens is 348 g/mol. The first-order valence-electron chi connectivity index (χ1n) is 7.28. The predicted octanol–water partition coefficient (Wildman–Crippen LogP) is 4.48. The number of ether oxygens (including phenoxy) is 1. The Balaban J connectivity index is 1.73. The highest BCUT2D eigenvalue weighted by molar-refractivity contribution is 9.10. The second kappa shape index (κ2) is 9.30. The van der Waals surface area contributed by atoms with E-state index in [0.717, 1.165) is 59.9 Å². The molecule has 0 aliphatic carbocycles. The number of nitrogens with zero attached hydrogens (tertiary/aromatic N) is 1. The van der Waals surface area contributed by atoms with Crippen LogP contribution in [0.3, 0.4) is 0 Å². The second-order valence-corrected chi connectivity index (χ2v) is 6.51. The van der Waals surface area contributed by atoms with Crippen LogP contribution in [0.25, 0.3) is 10.6 Å². The normalized spacial score (nSPS) is 11.0. The molecule has 2 aromatic rings. The molecule has 5 heteroatoms. The third kappa shape index (κ3) is 5.87. The van der Waals surface area contributed by atoms with Crippen LogP contribution in [0.5, 0.6) is 0 Å². The summed E-state index contributed by atoms with van der Waals surface area (Å²) in [7, 11) is 0. The van der Waals surface area contributed by atoms with Crippen molar-refractivity contribution in [2.45, 2.75) is 26.3 Å². The molecule has 2 rings (SSSR count). The van der Waals surface area contributed by atoms with Crippen molar-refractivity contribution in [2.75, 3.05) is 19.8 Å². The molecule has 1 heterocycles. The molecule has 1 aromatic carbocycles. The number of unbranched alkanes of at least 4 members (excludes halogenated alkanes) is 1. The van der Waals surface area contributed by atoms with E-state index in [1.54, 1.807) is 11.3 Å². The topological polar surface area (TPSA) is 34.1 Å². The van der Waals surface area contributed by atoms with Gasteiger partial charge in [-0.25, -0.2) is 4.98 Å². The predicted molar refractivity (Wildman–Crippen MR) is 92.7 cm³/mol. The molecule has 114 valence electrons. The average molecular weight is 369 g/mol. The monoisotopic (exact) mass is 368 g/mol. The Bertz CT molecular complexity index is 545. The summed E-state index contributed by atoms with van der Waals surface area (Å²) in [6.07, 6.45) is 2.25. The van der Waals surface area contributed by atoms with Gasteiger partial charge in [-0.15, -0.1) is 11.3 Å². The van der Waals surface area contributed by atoms with Crippen LogP contribution in [-0.2, 0) is 11.3 Å². The molecule has 1 aromatic heterocycles. The van der Waals surface area contributed by atoms with Gasteiger partial charge < -0.3 is 10.1 Å². The van der Waals surface area contributed by atoms with E-state index in [-0.39, 0.29) is 0 Å². The summed E-state index contributed by atoms with van der Waals surface area (Å²) >= 11 is 5.19. The van der Waals surface area contributed by atoms with Crippen LogP contribution in [0.2, 0.25) is 0 Å². The summed E-state index contributed by atoms with van der Waals surface area (Å²) in [5, 5.41) is 6.64. The molecular formula is C16H21BrN2OS. The Morgan fingerprint density at radius 3 is 3.05 bits per heavy atom. The first-order chi connectivity index (χ1) is 10.3. The van der Waals surface area contributed by atoms with E-state index in [1.807, 2.05) is 19.1 Å². The molecule has 0 unspecified atom stereocenters. The van der Waals surface area contributed by atoms with Crippen molar-refractivity contribution < 1.29 is 4.74 Å². The number of benzene rings is 1. The van der Waals surface area contributed by atoms with E-state index in [0.29, 0.717) is 0 Å². The summed E-state index contributed by atoms with van der Waals surface area (Å²) in [6.45, 7) is 5.55. The van der Waals surface area contributed by atoms with Crippen LogP contribution in [-0.4, -0.2) is 24.7 Å². The first-order valence-corrected chi connectivity index (χ1v) is 8.95. The van der Waals surface area contributed by atoms with Crippen molar-refractivity contribution in [3.63, 3.8) is 0 Å². The van der Waals surface area contributed by atoms with Gasteiger partial charge in [0.15, 0.2) is 0 Å². The molecule has 0 saturated carbocycles. The lowest BCUT2D eigenvalue weighted by atomic mass is 10.2. The molecule has 0 fully saturated rings. The van der Waals surface area contributed by atoms with Crippen molar-refractivity contribution in [2.24, 2.45) is 0 Å². The zero-order valence-electron chi connectivity index (χ0n) is 12.3. The number of hydrogen-bond donors (Lipinski definition) is 1. The quantitative estimate of drug-likeness (QED) is 0.662. The fourth-order valence-electron chi connectivity index (χ4n) is 1.96. The molecule has 21 heavy (non-hydrogen) atoms. The lowest BCUT2D eigenvalue weighted by Crippen LogP contribution is -2.15. The molecule has 0 aliphatic heterocycles. The maximum Gasteiger partial charge on any atom is 0.123 e. The van der Waals surface area contributed by atoms with E-state index in [2.05, 4.69) is 43.7 Å². The third-order valence-corrected chi connectivity index (χ3v) is 4.46. The Hall–Kier alpha value is -0.750. The Morgan fingerprint density at radius 2 is 2.24 bits per heavy atom. The third-order valence-electron chi connectivity index (χ3n) is 3.03. The Kier molecular flexibility index (Phi) is 7.36. The standard InChI is InChI=1S/C16H21BrN2OS/c1-2-20-9-4-3-8-18-11-15-12-21-16(19-15)13-6-5-7-14(17)10-13/h5-7,10,12,18H,2-4,8-9,11H2,1H3. The van der Waals surface area contributed by atoms with Gasteiger partial charge in [0.05, 0.1) is 5.69 Å². The van der Waals surface area contributed by atoms with Gasteiger partial charge in [-0.2, -0.15) is 0 Å². The zero-order chi connectivity index (χ0) is 14.9. The van der Waals surface area contributed by atoms with Crippen LogP contribution in [0.15, 0.2) is 34.1 Å². The van der Waals surface area contributed by atoms with Crippen molar-refractivity contribution >= 4 is 27.3 Å². The molecule has 0 saturated heterocycles. The fraction of sp³-hybridized carbons (Fsp3) is 0.438. The van der Waals surface area contributed by atoms with Crippen molar-refractivity contribution in [3.05, 3.63) is 39.8 Å². The first kappa shape index (κ1) is 16.6. The van der Waals surface area contributed by atoms with Crippen LogP contribution in [0.1, 0.15) is 25.5 Å². The zero-order valence-corrected chi connectivity index (χ0v) is 14.7. The van der Waals surface area contributed by atoms with Gasteiger partial charge in [0, 0.05) is 35.2 Å². The van der Waals surface area contributed by atoms with E-state index in [1.165, 1.54) is 0 Å². The number of hydrogen-bond acceptors (Lipinski definition) is 4. The lowest BCUT2D eigenvalue weighted by molar-refractivity contribution is 0.143. The highest BCUT2D eigenvalue weighted by Crippen LogP contribution is 2.26. The molecule has 0 radical (unpaired) electrons. The molecule has 0 amide bonds. The smallest absolute Gasteiger partial charge is 0.123 e. The molecule has 0 atom stereocenters. The van der Waals surface area contributed by atoms with Gasteiger partial charge in [-0.3, -0.25) is 0 Å². The fourth-order valence-corrected chi connectivity index (χ4v) is 3.17. The van der Waals surface area contributed by atoms with E-state index in [4.69, 9.17) is 4.74 Å². The second-order valence-electron chi connectivity index (χ2n) is 4.74. The van der Waals surface area contributed by atoms with Gasteiger partial charge in [0.25, 0.3) is 0 Å². The molecule has 0 spiro atoms. The summed E-state index contributed by atoms with van der Waals surface area (Å²) in [5.74, 6) is 0. The molecule has 3 nitrogen and oxygen atoms in total. The summed E-state index contributed by atoms with van der Waals surface area (Å²) in [5.41, 5.74) is 2.28. The van der Waals surface area contributed by atoms with Gasteiger partial charge in [0.2, 0.25) is 0 Å². The van der Waals surface area contributed by atoms with Crippen LogP contribution in [0, 0.1) is 0 Å². The maximum atomic E-state index is 5.32. The summed E-state index contributed by atoms with van der Waals surface area (Å²) in [4.78, 5) is 4.68. The minimum atomic E-state index is 0.810. The highest BCUT2D eigenvalue weighted by atomic mass is 79.9. The number of halogens is 1. The van der Waals surface area contributed by atoms with Gasteiger partial charge in [-0.05, 0) is 38.4 Å². The average Bonchev–Trinajstić information content (AvgIpc) is 2.95. The van der Waals surface area contributed by atoms with Crippen molar-refractivity contribution in [1.29, 1.82) is 0 Å².